The Balaban J connectivity index is 1.68. The molecule has 5 rings (SSSR count). The van der Waals surface area contributed by atoms with Crippen LogP contribution in [-0.2, 0) is 15.8 Å². The fourth-order valence-electron chi connectivity index (χ4n) is 6.15. The lowest BCUT2D eigenvalue weighted by Crippen LogP contribution is -2.66. The summed E-state index contributed by atoms with van der Waals surface area (Å²) < 4.78 is 29.2. The number of ketones is 1. The fraction of sp³-hybridized carbons (Fsp3) is 0.324. The molecule has 1 saturated heterocycles. The number of nitrogens with zero attached hydrogens (tertiary/aromatic N) is 3. The van der Waals surface area contributed by atoms with Crippen LogP contribution in [0.4, 0.5) is 10.1 Å². The van der Waals surface area contributed by atoms with Gasteiger partial charge in [0.25, 0.3) is 8.32 Å². The van der Waals surface area contributed by atoms with Crippen molar-refractivity contribution in [1.82, 2.24) is 9.97 Å². The molecule has 0 saturated carbocycles. The summed E-state index contributed by atoms with van der Waals surface area (Å²) >= 11 is 6.85. The SMILES string of the molecule is CC1CN(c2c(CO[Si](c3ccccc3)(c3ccccc3)C(C)(C)C)cc(C(=O)c3cnccn3)c(F)c2Cl)CC(C)O1. The number of morpholine rings is 1. The molecule has 6 nitrogen and oxygen atoms in total. The first-order chi connectivity index (χ1) is 20.5. The van der Waals surface area contributed by atoms with Gasteiger partial charge in [-0.05, 0) is 35.3 Å². The second kappa shape index (κ2) is 12.7. The molecule has 2 heterocycles. The van der Waals surface area contributed by atoms with E-state index in [1.165, 1.54) is 18.6 Å². The third-order valence-electron chi connectivity index (χ3n) is 7.90. The molecule has 0 radical (unpaired) electrons. The van der Waals surface area contributed by atoms with Gasteiger partial charge in [0.2, 0.25) is 5.78 Å². The molecule has 224 valence electrons. The van der Waals surface area contributed by atoms with Crippen molar-refractivity contribution < 1.29 is 18.3 Å². The third-order valence-corrected chi connectivity index (χ3v) is 13.2. The molecule has 0 aliphatic carbocycles. The summed E-state index contributed by atoms with van der Waals surface area (Å²) in [5.74, 6) is -1.37. The van der Waals surface area contributed by atoms with Gasteiger partial charge in [-0.2, -0.15) is 0 Å². The highest BCUT2D eigenvalue weighted by molar-refractivity contribution is 6.99. The summed E-state index contributed by atoms with van der Waals surface area (Å²) in [5.41, 5.74) is 1.03. The molecule has 2 atom stereocenters. The lowest BCUT2D eigenvalue weighted by Gasteiger charge is -2.43. The van der Waals surface area contributed by atoms with Crippen LogP contribution in [0.25, 0.3) is 0 Å². The Kier molecular flexibility index (Phi) is 9.13. The highest BCUT2D eigenvalue weighted by atomic mass is 35.5. The molecule has 1 aliphatic rings. The number of ether oxygens (including phenoxy) is 1. The van der Waals surface area contributed by atoms with Gasteiger partial charge in [-0.1, -0.05) is 93.0 Å². The van der Waals surface area contributed by atoms with Crippen LogP contribution in [0.5, 0.6) is 0 Å². The van der Waals surface area contributed by atoms with Gasteiger partial charge in [0, 0.05) is 31.0 Å². The monoisotopic (exact) mass is 617 g/mol. The zero-order valence-corrected chi connectivity index (χ0v) is 26.9. The van der Waals surface area contributed by atoms with Gasteiger partial charge >= 0.3 is 0 Å². The van der Waals surface area contributed by atoms with E-state index in [4.69, 9.17) is 20.8 Å². The smallest absolute Gasteiger partial charge is 0.261 e. The summed E-state index contributed by atoms with van der Waals surface area (Å²) in [4.78, 5) is 23.7. The van der Waals surface area contributed by atoms with Crippen molar-refractivity contribution in [2.75, 3.05) is 18.0 Å². The lowest BCUT2D eigenvalue weighted by molar-refractivity contribution is -0.00532. The van der Waals surface area contributed by atoms with Crippen molar-refractivity contribution in [3.8, 4) is 0 Å². The summed E-state index contributed by atoms with van der Waals surface area (Å²) in [6, 6.07) is 22.2. The van der Waals surface area contributed by atoms with E-state index >= 15 is 4.39 Å². The molecule has 1 aromatic heterocycles. The first-order valence-electron chi connectivity index (χ1n) is 14.5. The van der Waals surface area contributed by atoms with E-state index in [0.717, 1.165) is 10.4 Å². The molecule has 0 N–H and O–H groups in total. The molecule has 4 aromatic rings. The van der Waals surface area contributed by atoms with Crippen LogP contribution in [-0.4, -0.2) is 49.4 Å². The Bertz CT molecular complexity index is 1520. The number of carbonyl (C=O) groups is 1. The van der Waals surface area contributed by atoms with E-state index in [0.29, 0.717) is 24.3 Å². The second-order valence-corrected chi connectivity index (χ2v) is 16.8. The first-order valence-corrected chi connectivity index (χ1v) is 16.8. The molecule has 3 aromatic carbocycles. The third kappa shape index (κ3) is 6.15. The molecule has 0 amide bonds. The van der Waals surface area contributed by atoms with E-state index in [1.807, 2.05) is 55.1 Å². The number of aromatic nitrogens is 2. The standard InChI is InChI=1S/C34H37ClFN3O3Si/c1-23-20-39(21-24(2)42-23)32-25(18-28(31(36)30(32)35)33(40)29-19-37-16-17-38-29)22-41-43(34(3,4)5,26-12-8-6-9-13-26)27-14-10-7-11-15-27/h6-19,23-24H,20-22H2,1-5H3. The normalized spacial score (nSPS) is 17.6. The Morgan fingerprint density at radius 3 is 2.12 bits per heavy atom. The Morgan fingerprint density at radius 1 is 1.02 bits per heavy atom. The van der Waals surface area contributed by atoms with Crippen LogP contribution in [0.1, 0.15) is 56.2 Å². The Hall–Kier alpha value is -3.43. The molecular weight excluding hydrogens is 581 g/mol. The minimum Gasteiger partial charge on any atom is -0.403 e. The van der Waals surface area contributed by atoms with Crippen LogP contribution < -0.4 is 15.3 Å². The molecule has 1 fully saturated rings. The van der Waals surface area contributed by atoms with Crippen LogP contribution in [0.2, 0.25) is 10.1 Å². The maximum absolute atomic E-state index is 16.0. The lowest BCUT2D eigenvalue weighted by atomic mass is 10.0. The molecule has 1 aliphatic heterocycles. The summed E-state index contributed by atoms with van der Waals surface area (Å²) in [5, 5.41) is 1.85. The number of rotatable bonds is 8. The van der Waals surface area contributed by atoms with Gasteiger partial charge < -0.3 is 14.1 Å². The highest BCUT2D eigenvalue weighted by Gasteiger charge is 2.50. The average molecular weight is 618 g/mol. The predicted octanol–water partition coefficient (Wildman–Crippen LogP) is 6.19. The predicted molar refractivity (Wildman–Crippen MR) is 172 cm³/mol. The molecule has 2 unspecified atom stereocenters. The van der Waals surface area contributed by atoms with E-state index in [2.05, 4.69) is 55.0 Å². The van der Waals surface area contributed by atoms with Crippen molar-refractivity contribution in [1.29, 1.82) is 0 Å². The van der Waals surface area contributed by atoms with Gasteiger partial charge in [0.05, 0.1) is 36.3 Å². The largest absolute Gasteiger partial charge is 0.403 e. The van der Waals surface area contributed by atoms with E-state index in [9.17, 15) is 4.79 Å². The molecule has 0 bridgehead atoms. The quantitative estimate of drug-likeness (QED) is 0.174. The van der Waals surface area contributed by atoms with E-state index < -0.39 is 19.9 Å². The number of carbonyl (C=O) groups excluding carboxylic acids is 1. The maximum atomic E-state index is 16.0. The van der Waals surface area contributed by atoms with Gasteiger partial charge in [-0.3, -0.25) is 9.78 Å². The van der Waals surface area contributed by atoms with Crippen molar-refractivity contribution in [2.45, 2.75) is 58.5 Å². The molecular formula is C34H37ClFN3O3Si. The van der Waals surface area contributed by atoms with Crippen LogP contribution >= 0.6 is 11.6 Å². The number of benzene rings is 3. The fourth-order valence-corrected chi connectivity index (χ4v) is 11.0. The van der Waals surface area contributed by atoms with Gasteiger partial charge in [0.15, 0.2) is 5.82 Å². The molecule has 43 heavy (non-hydrogen) atoms. The average Bonchev–Trinajstić information content (AvgIpc) is 2.99. The number of hydrogen-bond donors (Lipinski definition) is 0. The number of anilines is 1. The molecule has 9 heteroatoms. The Morgan fingerprint density at radius 2 is 1.60 bits per heavy atom. The second-order valence-electron chi connectivity index (χ2n) is 12.1. The van der Waals surface area contributed by atoms with Crippen LogP contribution in [0, 0.1) is 5.82 Å². The van der Waals surface area contributed by atoms with E-state index in [1.54, 1.807) is 6.07 Å². The highest BCUT2D eigenvalue weighted by Crippen LogP contribution is 2.41. The van der Waals surface area contributed by atoms with Gasteiger partial charge in [0.1, 0.15) is 10.7 Å². The molecule has 0 spiro atoms. The number of hydrogen-bond acceptors (Lipinski definition) is 6. The minimum atomic E-state index is -2.96. The van der Waals surface area contributed by atoms with Crippen molar-refractivity contribution in [3.63, 3.8) is 0 Å². The maximum Gasteiger partial charge on any atom is 0.261 e. The minimum absolute atomic E-state index is 0.0395. The van der Waals surface area contributed by atoms with Crippen LogP contribution in [0.15, 0.2) is 85.3 Å². The number of halogens is 2. The van der Waals surface area contributed by atoms with E-state index in [-0.39, 0.29) is 40.1 Å². The van der Waals surface area contributed by atoms with Gasteiger partial charge in [-0.25, -0.2) is 9.37 Å². The van der Waals surface area contributed by atoms with Gasteiger partial charge in [-0.15, -0.1) is 0 Å². The van der Waals surface area contributed by atoms with Crippen LogP contribution in [0.3, 0.4) is 0 Å². The summed E-state index contributed by atoms with van der Waals surface area (Å²) in [7, 11) is -2.96. The summed E-state index contributed by atoms with van der Waals surface area (Å²) in [6.07, 6.45) is 4.02. The topological polar surface area (TPSA) is 64.5 Å². The first kappa shape index (κ1) is 31.0. The Labute approximate surface area is 259 Å². The van der Waals surface area contributed by atoms with Crippen molar-refractivity contribution >= 4 is 41.8 Å². The van der Waals surface area contributed by atoms with Crippen molar-refractivity contribution in [3.05, 3.63) is 113 Å². The summed E-state index contributed by atoms with van der Waals surface area (Å²) in [6.45, 7) is 11.7. The zero-order chi connectivity index (χ0) is 30.8. The zero-order valence-electron chi connectivity index (χ0n) is 25.2. The van der Waals surface area contributed by atoms with Crippen molar-refractivity contribution in [2.24, 2.45) is 0 Å².